The van der Waals surface area contributed by atoms with Gasteiger partial charge in [-0.25, -0.2) is 4.57 Å². The van der Waals surface area contributed by atoms with Crippen LogP contribution in [0.2, 0.25) is 0 Å². The summed E-state index contributed by atoms with van der Waals surface area (Å²) in [6.45, 7) is 19.2. The molecule has 4 aliphatic heterocycles. The first-order chi connectivity index (χ1) is 27.1. The van der Waals surface area contributed by atoms with Gasteiger partial charge in [-0.05, 0) is 76.8 Å². The third kappa shape index (κ3) is 4.34. The Kier molecular flexibility index (Phi) is 7.08. The van der Waals surface area contributed by atoms with Crippen LogP contribution in [0.5, 0.6) is 0 Å². The molecule has 6 heterocycles. The van der Waals surface area contributed by atoms with Gasteiger partial charge >= 0.3 is 0 Å². The molecule has 56 heavy (non-hydrogen) atoms. The number of furan rings is 1. The van der Waals surface area contributed by atoms with Crippen molar-refractivity contribution in [2.24, 2.45) is 0 Å². The molecule has 0 fully saturated rings. The summed E-state index contributed by atoms with van der Waals surface area (Å²) in [5.74, 6) is 2.31. The molecule has 0 saturated carbocycles. The van der Waals surface area contributed by atoms with Crippen LogP contribution in [0.25, 0.3) is 39.0 Å². The molecule has 5 nitrogen and oxygen atoms in total. The molecule has 0 aliphatic carbocycles. The number of hydrogen-bond acceptors (Lipinski definition) is 3. The second kappa shape index (κ2) is 11.7. The minimum absolute atomic E-state index is 0.0466. The molecule has 11 rings (SSSR count). The Morgan fingerprint density at radius 1 is 0.768 bits per heavy atom. The summed E-state index contributed by atoms with van der Waals surface area (Å²) in [5.41, 5.74) is 17.8. The quantitative estimate of drug-likeness (QED) is 0.134. The smallest absolute Gasteiger partial charge is 0.294 e. The Morgan fingerprint density at radius 2 is 1.48 bits per heavy atom. The van der Waals surface area contributed by atoms with Crippen molar-refractivity contribution >= 4 is 39.0 Å². The molecule has 0 saturated heterocycles. The van der Waals surface area contributed by atoms with E-state index in [4.69, 9.17) is 11.0 Å². The Balaban J connectivity index is 1.17. The molecule has 3 atom stereocenters. The van der Waals surface area contributed by atoms with E-state index in [1.807, 2.05) is 0 Å². The Hall–Kier alpha value is -5.55. The van der Waals surface area contributed by atoms with Crippen molar-refractivity contribution in [3.63, 3.8) is 0 Å². The zero-order valence-electron chi connectivity index (χ0n) is 33.7. The van der Waals surface area contributed by atoms with Crippen molar-refractivity contribution < 1.29 is 8.98 Å². The van der Waals surface area contributed by atoms with Crippen molar-refractivity contribution in [2.75, 3.05) is 16.8 Å². The van der Waals surface area contributed by atoms with Gasteiger partial charge in [-0.2, -0.15) is 4.57 Å². The first-order valence-electron chi connectivity index (χ1n) is 20.7. The number of aromatic nitrogens is 2. The minimum atomic E-state index is -0.246. The Morgan fingerprint density at radius 3 is 2.27 bits per heavy atom. The van der Waals surface area contributed by atoms with Gasteiger partial charge in [0.1, 0.15) is 41.5 Å². The number of aryl methyl sites for hydroxylation is 1. The summed E-state index contributed by atoms with van der Waals surface area (Å²) in [7, 11) is 2.30. The van der Waals surface area contributed by atoms with Crippen LogP contribution >= 0.6 is 0 Å². The van der Waals surface area contributed by atoms with Gasteiger partial charge in [0.25, 0.3) is 5.82 Å². The number of imidazole rings is 1. The van der Waals surface area contributed by atoms with Crippen molar-refractivity contribution in [1.29, 1.82) is 0 Å². The van der Waals surface area contributed by atoms with Gasteiger partial charge in [-0.15, -0.1) is 0 Å². The largest absolute Gasteiger partial charge is 0.456 e. The van der Waals surface area contributed by atoms with Gasteiger partial charge in [0.05, 0.1) is 28.0 Å². The molecule has 0 spiro atoms. The summed E-state index contributed by atoms with van der Waals surface area (Å²) >= 11 is 0. The fraction of sp³-hybridized carbons (Fsp3) is 0.314. The molecule has 5 aromatic carbocycles. The van der Waals surface area contributed by atoms with Crippen LogP contribution in [0.1, 0.15) is 112 Å². The van der Waals surface area contributed by atoms with E-state index in [1.165, 1.54) is 83.9 Å². The topological polar surface area (TPSA) is 28.4 Å². The van der Waals surface area contributed by atoms with Crippen LogP contribution in [-0.4, -0.2) is 17.8 Å². The highest BCUT2D eigenvalue weighted by atomic mass is 16.3. The van der Waals surface area contributed by atoms with Crippen LogP contribution in [0, 0.1) is 0 Å². The lowest BCUT2D eigenvalue weighted by atomic mass is 9.73. The number of fused-ring (bicyclic) bond motifs is 6. The molecule has 7 aromatic rings. The van der Waals surface area contributed by atoms with E-state index in [-0.39, 0.29) is 23.5 Å². The van der Waals surface area contributed by atoms with E-state index in [0.29, 0.717) is 11.8 Å². The van der Waals surface area contributed by atoms with Crippen molar-refractivity contribution in [3.05, 3.63) is 149 Å². The molecule has 4 aliphatic rings. The van der Waals surface area contributed by atoms with Gasteiger partial charge in [-0.1, -0.05) is 115 Å². The van der Waals surface area contributed by atoms with Crippen molar-refractivity contribution in [1.82, 2.24) is 4.57 Å². The third-order valence-corrected chi connectivity index (χ3v) is 14.0. The molecule has 0 radical (unpaired) electrons. The molecule has 3 unspecified atom stereocenters. The van der Waals surface area contributed by atoms with E-state index >= 15 is 0 Å². The zero-order valence-corrected chi connectivity index (χ0v) is 33.7. The average Bonchev–Trinajstić information content (AvgIpc) is 3.88. The van der Waals surface area contributed by atoms with Gasteiger partial charge in [-0.3, -0.25) is 0 Å². The fourth-order valence-corrected chi connectivity index (χ4v) is 11.3. The predicted octanol–water partition coefficient (Wildman–Crippen LogP) is 12.4. The highest BCUT2D eigenvalue weighted by molar-refractivity contribution is 6.16. The monoisotopic (exact) mass is 735 g/mol. The van der Waals surface area contributed by atoms with Crippen LogP contribution in [0.4, 0.5) is 17.1 Å². The molecular weight excluding hydrogens is 685 g/mol. The molecular formula is C51H51N4O+. The van der Waals surface area contributed by atoms with E-state index in [1.54, 1.807) is 0 Å². The maximum absolute atomic E-state index is 6.75. The van der Waals surface area contributed by atoms with Gasteiger partial charge in [0, 0.05) is 41.3 Å². The van der Waals surface area contributed by atoms with Gasteiger partial charge in [0.15, 0.2) is 0 Å². The van der Waals surface area contributed by atoms with Crippen LogP contribution in [0.3, 0.4) is 0 Å². The van der Waals surface area contributed by atoms with Crippen LogP contribution in [0.15, 0.2) is 120 Å². The van der Waals surface area contributed by atoms with Gasteiger partial charge < -0.3 is 14.2 Å². The summed E-state index contributed by atoms with van der Waals surface area (Å²) in [4.78, 5) is 5.25. The van der Waals surface area contributed by atoms with E-state index in [9.17, 15) is 0 Å². The molecule has 0 N–H and O–H groups in total. The SMILES string of the molecule is C=C1CC2N(C)c3cccc4c3N2c2c(ccc3oc5cccc(c5c23)C4(C)C)CCC2c3ccccc3-c3n(-c4c(C(C)C)cccc4C(C)C)cc[n+]3C12. The second-order valence-corrected chi connectivity index (χ2v) is 18.0. The van der Waals surface area contributed by atoms with Crippen molar-refractivity contribution in [2.45, 2.75) is 96.2 Å². The first kappa shape index (κ1) is 33.8. The molecule has 5 heteroatoms. The summed E-state index contributed by atoms with van der Waals surface area (Å²) in [6, 6.07) is 34.5. The maximum Gasteiger partial charge on any atom is 0.294 e. The lowest BCUT2D eigenvalue weighted by Gasteiger charge is -2.40. The lowest BCUT2D eigenvalue weighted by molar-refractivity contribution is -0.708. The number of rotatable bonds is 3. The first-order valence-corrected chi connectivity index (χ1v) is 20.7. The summed E-state index contributed by atoms with van der Waals surface area (Å²) in [6.07, 6.45) is 7.52. The van der Waals surface area contributed by atoms with Crippen LogP contribution in [-0.2, 0) is 11.8 Å². The number of nitrogens with zero attached hydrogens (tertiary/aromatic N) is 4. The maximum atomic E-state index is 6.75. The zero-order chi connectivity index (χ0) is 38.4. The number of benzene rings is 5. The highest BCUT2D eigenvalue weighted by Gasteiger charge is 2.48. The number of para-hydroxylation sites is 2. The summed E-state index contributed by atoms with van der Waals surface area (Å²) in [5, 5.41) is 2.52. The lowest BCUT2D eigenvalue weighted by Crippen LogP contribution is -2.49. The van der Waals surface area contributed by atoms with E-state index in [2.05, 4.69) is 171 Å². The molecule has 0 bridgehead atoms. The third-order valence-electron chi connectivity index (χ3n) is 14.0. The second-order valence-electron chi connectivity index (χ2n) is 18.0. The summed E-state index contributed by atoms with van der Waals surface area (Å²) < 4.78 is 11.9. The minimum Gasteiger partial charge on any atom is -0.456 e. The van der Waals surface area contributed by atoms with Crippen LogP contribution < -0.4 is 14.4 Å². The molecule has 280 valence electrons. The Bertz CT molecular complexity index is 2770. The Labute approximate surface area is 330 Å². The average molecular weight is 736 g/mol. The normalized spacial score (nSPS) is 20.4. The van der Waals surface area contributed by atoms with Gasteiger partial charge in [0.2, 0.25) is 0 Å². The molecule has 0 amide bonds. The van der Waals surface area contributed by atoms with Crippen molar-refractivity contribution in [3.8, 4) is 17.1 Å². The fourth-order valence-electron chi connectivity index (χ4n) is 11.3. The van der Waals surface area contributed by atoms with E-state index in [0.717, 1.165) is 30.4 Å². The molecule has 2 aromatic heterocycles. The number of anilines is 3. The predicted molar refractivity (Wildman–Crippen MR) is 230 cm³/mol. The standard InChI is InChI=1S/C51H51N4O/c1-29(2)33-16-11-17-34(30(3)4)48(33)54-27-26-53-46-31(5)28-43-52(8)40-20-12-19-39-49(40)55(43)47-32(22-24-36(46)35-14-9-10-15-37(35)50(53)54)23-25-42-45(47)44-38(51(39,6)7)18-13-21-41(44)56-42/h9-21,23,25-27,29-30,36,43,46H,5,22,24,28H2,1-4,6-8H3/q+1. The van der Waals surface area contributed by atoms with E-state index < -0.39 is 0 Å². The number of hydrogen-bond donors (Lipinski definition) is 0. The highest BCUT2D eigenvalue weighted by Crippen LogP contribution is 2.58.